The van der Waals surface area contributed by atoms with Crippen molar-refractivity contribution in [3.63, 3.8) is 0 Å². The van der Waals surface area contributed by atoms with Crippen LogP contribution in [0.3, 0.4) is 0 Å². The molecule has 25 heavy (non-hydrogen) atoms. The maximum absolute atomic E-state index is 12.0. The molecule has 0 heterocycles. The van der Waals surface area contributed by atoms with Gasteiger partial charge in [-0.2, -0.15) is 0 Å². The summed E-state index contributed by atoms with van der Waals surface area (Å²) in [4.78, 5) is 23.7. The molecular weight excluding hydrogens is 340 g/mol. The summed E-state index contributed by atoms with van der Waals surface area (Å²) in [5.41, 5.74) is 5.46. The highest BCUT2D eigenvalue weighted by Gasteiger charge is 2.20. The molecule has 0 saturated heterocycles. The van der Waals surface area contributed by atoms with Crippen molar-refractivity contribution in [2.24, 2.45) is 5.73 Å². The zero-order valence-electron chi connectivity index (χ0n) is 16.2. The second kappa shape index (κ2) is 19.5. The summed E-state index contributed by atoms with van der Waals surface area (Å²) < 4.78 is 4.76. The van der Waals surface area contributed by atoms with E-state index in [0.29, 0.717) is 19.4 Å². The van der Waals surface area contributed by atoms with Gasteiger partial charge in [0.25, 0.3) is 0 Å². The standard InChI is InChI=1S/C19H38N2O3.ClH/c1-3-4-5-6-7-8-9-10-11-15-18(22)21-17(19(23)24-2)14-12-13-16-20;/h17H,3-16,20H2,1-2H3,(H,21,22);1H/t17-;/m0./s1. The molecule has 0 aromatic rings. The Balaban J connectivity index is 0. The number of halogens is 1. The van der Waals surface area contributed by atoms with Gasteiger partial charge in [0.15, 0.2) is 0 Å². The maximum atomic E-state index is 12.0. The summed E-state index contributed by atoms with van der Waals surface area (Å²) in [5.74, 6) is -0.423. The van der Waals surface area contributed by atoms with E-state index >= 15 is 0 Å². The predicted molar refractivity (Wildman–Crippen MR) is 106 cm³/mol. The van der Waals surface area contributed by atoms with Crippen LogP contribution in [0.5, 0.6) is 0 Å². The van der Waals surface area contributed by atoms with Gasteiger partial charge in [-0.1, -0.05) is 58.3 Å². The lowest BCUT2D eigenvalue weighted by atomic mass is 10.1. The van der Waals surface area contributed by atoms with Crippen molar-refractivity contribution in [3.8, 4) is 0 Å². The molecule has 0 spiro atoms. The number of amides is 1. The molecule has 3 N–H and O–H groups in total. The van der Waals surface area contributed by atoms with Crippen molar-refractivity contribution in [1.29, 1.82) is 0 Å². The third-order valence-corrected chi connectivity index (χ3v) is 4.28. The lowest BCUT2D eigenvalue weighted by Gasteiger charge is -2.16. The van der Waals surface area contributed by atoms with Gasteiger partial charge in [-0.05, 0) is 32.2 Å². The fourth-order valence-electron chi connectivity index (χ4n) is 2.75. The molecule has 0 aliphatic heterocycles. The fraction of sp³-hybridized carbons (Fsp3) is 0.895. The van der Waals surface area contributed by atoms with Crippen LogP contribution in [-0.4, -0.2) is 31.6 Å². The Morgan fingerprint density at radius 2 is 1.48 bits per heavy atom. The Bertz CT molecular complexity index is 328. The molecule has 0 unspecified atom stereocenters. The molecule has 0 aliphatic carbocycles. The zero-order valence-corrected chi connectivity index (χ0v) is 17.0. The summed E-state index contributed by atoms with van der Waals surface area (Å²) in [7, 11) is 1.35. The number of hydrogen-bond acceptors (Lipinski definition) is 4. The Morgan fingerprint density at radius 3 is 2.00 bits per heavy atom. The normalized spacial score (nSPS) is 11.5. The predicted octanol–water partition coefficient (Wildman–Crippen LogP) is 4.12. The van der Waals surface area contributed by atoms with E-state index in [-0.39, 0.29) is 24.3 Å². The number of carbonyl (C=O) groups excluding carboxylic acids is 2. The summed E-state index contributed by atoms with van der Waals surface area (Å²) in [6.45, 7) is 2.83. The Morgan fingerprint density at radius 1 is 0.920 bits per heavy atom. The van der Waals surface area contributed by atoms with Gasteiger partial charge >= 0.3 is 5.97 Å². The van der Waals surface area contributed by atoms with E-state index in [1.807, 2.05) is 0 Å². The van der Waals surface area contributed by atoms with Gasteiger partial charge in [0.05, 0.1) is 7.11 Å². The van der Waals surface area contributed by atoms with Crippen LogP contribution in [0.4, 0.5) is 0 Å². The second-order valence-corrected chi connectivity index (χ2v) is 6.51. The monoisotopic (exact) mass is 378 g/mol. The topological polar surface area (TPSA) is 81.4 Å². The first-order chi connectivity index (χ1) is 11.7. The van der Waals surface area contributed by atoms with Gasteiger partial charge in [-0.15, -0.1) is 12.4 Å². The molecule has 0 radical (unpaired) electrons. The molecule has 0 saturated carbocycles. The first kappa shape index (κ1) is 26.4. The first-order valence-electron chi connectivity index (χ1n) is 9.73. The molecule has 0 aromatic carbocycles. The molecule has 0 bridgehead atoms. The van der Waals surface area contributed by atoms with Crippen LogP contribution in [0, 0.1) is 0 Å². The van der Waals surface area contributed by atoms with Crippen molar-refractivity contribution >= 4 is 24.3 Å². The first-order valence-corrected chi connectivity index (χ1v) is 9.73. The summed E-state index contributed by atoms with van der Waals surface area (Å²) in [6.07, 6.45) is 13.8. The van der Waals surface area contributed by atoms with Gasteiger partial charge in [0, 0.05) is 6.42 Å². The molecule has 1 amide bonds. The van der Waals surface area contributed by atoms with Crippen molar-refractivity contribution in [2.75, 3.05) is 13.7 Å². The van der Waals surface area contributed by atoms with Crippen LogP contribution in [0.2, 0.25) is 0 Å². The molecule has 5 nitrogen and oxygen atoms in total. The van der Waals surface area contributed by atoms with Gasteiger partial charge in [0.1, 0.15) is 6.04 Å². The Labute approximate surface area is 160 Å². The number of nitrogens with two attached hydrogens (primary N) is 1. The van der Waals surface area contributed by atoms with Crippen molar-refractivity contribution < 1.29 is 14.3 Å². The average Bonchev–Trinajstić information content (AvgIpc) is 2.59. The lowest BCUT2D eigenvalue weighted by Crippen LogP contribution is -2.41. The van der Waals surface area contributed by atoms with E-state index < -0.39 is 6.04 Å². The van der Waals surface area contributed by atoms with Crippen LogP contribution in [0.1, 0.15) is 90.4 Å². The molecular formula is C19H39ClN2O3. The van der Waals surface area contributed by atoms with Crippen LogP contribution < -0.4 is 11.1 Å². The Kier molecular flexibility index (Phi) is 20.6. The van der Waals surface area contributed by atoms with Crippen molar-refractivity contribution in [3.05, 3.63) is 0 Å². The average molecular weight is 379 g/mol. The third kappa shape index (κ3) is 16.4. The number of carbonyl (C=O) groups is 2. The van der Waals surface area contributed by atoms with E-state index in [1.165, 1.54) is 52.1 Å². The number of hydrogen-bond donors (Lipinski definition) is 2. The number of nitrogens with one attached hydrogen (secondary N) is 1. The third-order valence-electron chi connectivity index (χ3n) is 4.28. The number of methoxy groups -OCH3 is 1. The summed E-state index contributed by atoms with van der Waals surface area (Å²) in [6, 6.07) is -0.535. The van der Waals surface area contributed by atoms with Crippen molar-refractivity contribution in [2.45, 2.75) is 96.4 Å². The van der Waals surface area contributed by atoms with Gasteiger partial charge in [0.2, 0.25) is 5.91 Å². The highest BCUT2D eigenvalue weighted by molar-refractivity contribution is 5.85. The van der Waals surface area contributed by atoms with Crippen LogP contribution >= 0.6 is 12.4 Å². The van der Waals surface area contributed by atoms with E-state index in [9.17, 15) is 9.59 Å². The van der Waals surface area contributed by atoms with Crippen LogP contribution in [0.15, 0.2) is 0 Å². The minimum absolute atomic E-state index is 0. The summed E-state index contributed by atoms with van der Waals surface area (Å²) >= 11 is 0. The van der Waals surface area contributed by atoms with Gasteiger partial charge in [-0.3, -0.25) is 4.79 Å². The highest BCUT2D eigenvalue weighted by atomic mass is 35.5. The highest BCUT2D eigenvalue weighted by Crippen LogP contribution is 2.11. The van der Waals surface area contributed by atoms with E-state index in [4.69, 9.17) is 10.5 Å². The molecule has 0 aliphatic rings. The molecule has 0 fully saturated rings. The van der Waals surface area contributed by atoms with Crippen molar-refractivity contribution in [1.82, 2.24) is 5.32 Å². The molecule has 6 heteroatoms. The molecule has 0 rings (SSSR count). The zero-order chi connectivity index (χ0) is 18.0. The lowest BCUT2D eigenvalue weighted by molar-refractivity contribution is -0.145. The van der Waals surface area contributed by atoms with E-state index in [2.05, 4.69) is 12.2 Å². The largest absolute Gasteiger partial charge is 0.467 e. The minimum atomic E-state index is -0.535. The van der Waals surface area contributed by atoms with Gasteiger partial charge < -0.3 is 15.8 Å². The van der Waals surface area contributed by atoms with Crippen LogP contribution in [-0.2, 0) is 14.3 Å². The minimum Gasteiger partial charge on any atom is -0.467 e. The SMILES string of the molecule is CCCCCCCCCCCC(=O)N[C@@H](CCCCN)C(=O)OC.Cl. The number of rotatable bonds is 16. The van der Waals surface area contributed by atoms with E-state index in [1.54, 1.807) is 0 Å². The number of ether oxygens (including phenoxy) is 1. The van der Waals surface area contributed by atoms with E-state index in [0.717, 1.165) is 25.7 Å². The molecule has 150 valence electrons. The van der Waals surface area contributed by atoms with Crippen LogP contribution in [0.25, 0.3) is 0 Å². The quantitative estimate of drug-likeness (QED) is 0.312. The maximum Gasteiger partial charge on any atom is 0.328 e. The molecule has 0 aromatic heterocycles. The smallest absolute Gasteiger partial charge is 0.328 e. The number of esters is 1. The Hall–Kier alpha value is -0.810. The fourth-order valence-corrected chi connectivity index (χ4v) is 2.75. The summed E-state index contributed by atoms with van der Waals surface area (Å²) in [5, 5.41) is 2.80. The molecule has 1 atom stereocenters. The van der Waals surface area contributed by atoms with Gasteiger partial charge in [-0.25, -0.2) is 4.79 Å². The second-order valence-electron chi connectivity index (χ2n) is 6.51. The number of unbranched alkanes of at least 4 members (excludes halogenated alkanes) is 9.